The highest BCUT2D eigenvalue weighted by molar-refractivity contribution is 5.73. The van der Waals surface area contributed by atoms with E-state index in [1.807, 2.05) is 16.7 Å². The molecule has 1 aliphatic heterocycles. The molecule has 0 radical (unpaired) electrons. The van der Waals surface area contributed by atoms with Crippen molar-refractivity contribution in [3.8, 4) is 11.4 Å². The molecule has 1 N–H and O–H groups in total. The third-order valence-corrected chi connectivity index (χ3v) is 4.79. The summed E-state index contributed by atoms with van der Waals surface area (Å²) in [6.45, 7) is 6.63. The minimum Gasteiger partial charge on any atom is -0.369 e. The van der Waals surface area contributed by atoms with Crippen molar-refractivity contribution in [2.24, 2.45) is 0 Å². The molecule has 0 aliphatic carbocycles. The lowest BCUT2D eigenvalue weighted by Crippen LogP contribution is -2.44. The van der Waals surface area contributed by atoms with Crippen molar-refractivity contribution in [2.45, 2.75) is 6.42 Å². The van der Waals surface area contributed by atoms with E-state index in [0.29, 0.717) is 0 Å². The summed E-state index contributed by atoms with van der Waals surface area (Å²) in [5.74, 6) is 0.958. The normalized spacial score (nSPS) is 16.2. The van der Waals surface area contributed by atoms with Crippen molar-refractivity contribution in [3.05, 3.63) is 37.2 Å². The molecule has 4 heterocycles. The Hall–Kier alpha value is -2.58. The largest absolute Gasteiger partial charge is 0.369 e. The van der Waals surface area contributed by atoms with Gasteiger partial charge in [0.15, 0.2) is 5.65 Å². The van der Waals surface area contributed by atoms with Crippen molar-refractivity contribution in [1.29, 1.82) is 0 Å². The number of hydrogen-bond acceptors (Lipinski definition) is 7. The molecule has 0 amide bonds. The van der Waals surface area contributed by atoms with Gasteiger partial charge >= 0.3 is 0 Å². The quantitative estimate of drug-likeness (QED) is 0.669. The lowest BCUT2D eigenvalue weighted by Gasteiger charge is -2.32. The predicted molar refractivity (Wildman–Crippen MR) is 101 cm³/mol. The first-order chi connectivity index (χ1) is 12.8. The Kier molecular flexibility index (Phi) is 5.03. The van der Waals surface area contributed by atoms with Crippen molar-refractivity contribution in [3.63, 3.8) is 0 Å². The number of anilines is 1. The molecule has 0 atom stereocenters. The van der Waals surface area contributed by atoms with Gasteiger partial charge in [0, 0.05) is 51.3 Å². The Morgan fingerprint density at radius 2 is 2.00 bits per heavy atom. The lowest BCUT2D eigenvalue weighted by molar-refractivity contribution is 0.154. The van der Waals surface area contributed by atoms with Gasteiger partial charge in [-0.25, -0.2) is 15.0 Å². The molecule has 3 aromatic rings. The number of rotatable bonds is 6. The standard InChI is InChI=1S/C18H24N8/c1-24-9-11-25(12-10-24)7-2-4-21-18-17(15-3-5-20-14-22-15)23-16-13-19-6-8-26(16)18/h3,5-6,8,13-14,21H,2,4,7,9-12H2,1H3. The van der Waals surface area contributed by atoms with Crippen molar-refractivity contribution in [2.75, 3.05) is 51.6 Å². The monoisotopic (exact) mass is 352 g/mol. The summed E-state index contributed by atoms with van der Waals surface area (Å²) < 4.78 is 2.03. The highest BCUT2D eigenvalue weighted by Gasteiger charge is 2.16. The maximum atomic E-state index is 4.69. The van der Waals surface area contributed by atoms with E-state index in [-0.39, 0.29) is 0 Å². The Morgan fingerprint density at radius 1 is 1.12 bits per heavy atom. The molecule has 3 aromatic heterocycles. The third-order valence-electron chi connectivity index (χ3n) is 4.79. The van der Waals surface area contributed by atoms with Gasteiger partial charge in [0.1, 0.15) is 17.8 Å². The van der Waals surface area contributed by atoms with Gasteiger partial charge in [-0.1, -0.05) is 0 Å². The minimum atomic E-state index is 0.808. The molecular weight excluding hydrogens is 328 g/mol. The summed E-state index contributed by atoms with van der Waals surface area (Å²) in [7, 11) is 2.19. The molecule has 0 spiro atoms. The fourth-order valence-corrected chi connectivity index (χ4v) is 3.27. The van der Waals surface area contributed by atoms with E-state index in [9.17, 15) is 0 Å². The van der Waals surface area contributed by atoms with E-state index in [2.05, 4.69) is 37.1 Å². The summed E-state index contributed by atoms with van der Waals surface area (Å²) >= 11 is 0. The summed E-state index contributed by atoms with van der Waals surface area (Å²) in [6.07, 6.45) is 9.84. The highest BCUT2D eigenvalue weighted by Crippen LogP contribution is 2.26. The van der Waals surface area contributed by atoms with Crippen LogP contribution in [-0.2, 0) is 0 Å². The predicted octanol–water partition coefficient (Wildman–Crippen LogP) is 1.24. The fraction of sp³-hybridized carbons (Fsp3) is 0.444. The van der Waals surface area contributed by atoms with Crippen LogP contribution in [0, 0.1) is 0 Å². The van der Waals surface area contributed by atoms with E-state index in [4.69, 9.17) is 4.98 Å². The van der Waals surface area contributed by atoms with E-state index >= 15 is 0 Å². The lowest BCUT2D eigenvalue weighted by atomic mass is 10.3. The molecule has 26 heavy (non-hydrogen) atoms. The average Bonchev–Trinajstić information content (AvgIpc) is 3.06. The molecule has 136 valence electrons. The Balaban J connectivity index is 1.45. The number of nitrogens with one attached hydrogen (secondary N) is 1. The van der Waals surface area contributed by atoms with E-state index < -0.39 is 0 Å². The molecule has 1 fully saturated rings. The van der Waals surface area contributed by atoms with Crippen LogP contribution in [0.25, 0.3) is 17.0 Å². The number of hydrogen-bond donors (Lipinski definition) is 1. The second-order valence-electron chi connectivity index (χ2n) is 6.63. The zero-order valence-electron chi connectivity index (χ0n) is 15.0. The number of fused-ring (bicyclic) bond motifs is 1. The first-order valence-electron chi connectivity index (χ1n) is 9.04. The molecule has 0 saturated carbocycles. The minimum absolute atomic E-state index is 0.808. The summed E-state index contributed by atoms with van der Waals surface area (Å²) in [5.41, 5.74) is 2.45. The van der Waals surface area contributed by atoms with Crippen LogP contribution >= 0.6 is 0 Å². The SMILES string of the molecule is CN1CCN(CCCNc2c(-c3ccncn3)nc3cnccn23)CC1. The molecule has 0 aromatic carbocycles. The van der Waals surface area contributed by atoms with Crippen LogP contribution < -0.4 is 5.32 Å². The maximum Gasteiger partial charge on any atom is 0.157 e. The number of imidazole rings is 1. The molecule has 0 unspecified atom stereocenters. The molecule has 8 heteroatoms. The van der Waals surface area contributed by atoms with Gasteiger partial charge in [0.05, 0.1) is 11.9 Å². The summed E-state index contributed by atoms with van der Waals surface area (Å²) in [6, 6.07) is 1.88. The number of piperazine rings is 1. The molecule has 8 nitrogen and oxygen atoms in total. The second kappa shape index (κ2) is 7.76. The van der Waals surface area contributed by atoms with Crippen LogP contribution in [0.3, 0.4) is 0 Å². The molecule has 4 rings (SSSR count). The van der Waals surface area contributed by atoms with Crippen molar-refractivity contribution in [1.82, 2.24) is 34.1 Å². The second-order valence-corrected chi connectivity index (χ2v) is 6.63. The van der Waals surface area contributed by atoms with Crippen LogP contribution in [0.1, 0.15) is 6.42 Å². The molecule has 1 aliphatic rings. The smallest absolute Gasteiger partial charge is 0.157 e. The van der Waals surface area contributed by atoms with Gasteiger partial charge in [-0.3, -0.25) is 9.38 Å². The summed E-state index contributed by atoms with van der Waals surface area (Å²) in [5, 5.41) is 3.56. The number of aromatic nitrogens is 5. The van der Waals surface area contributed by atoms with Crippen molar-refractivity contribution >= 4 is 11.5 Å². The van der Waals surface area contributed by atoms with Gasteiger partial charge < -0.3 is 15.1 Å². The van der Waals surface area contributed by atoms with Crippen LogP contribution in [0.15, 0.2) is 37.2 Å². The zero-order valence-corrected chi connectivity index (χ0v) is 15.0. The van der Waals surface area contributed by atoms with Crippen LogP contribution in [0.2, 0.25) is 0 Å². The van der Waals surface area contributed by atoms with E-state index in [0.717, 1.165) is 68.5 Å². The fourth-order valence-electron chi connectivity index (χ4n) is 3.27. The van der Waals surface area contributed by atoms with Crippen molar-refractivity contribution < 1.29 is 0 Å². The Morgan fingerprint density at radius 3 is 2.81 bits per heavy atom. The van der Waals surface area contributed by atoms with Gasteiger partial charge in [0.25, 0.3) is 0 Å². The first kappa shape index (κ1) is 16.9. The highest BCUT2D eigenvalue weighted by atomic mass is 15.2. The van der Waals surface area contributed by atoms with Crippen LogP contribution in [0.4, 0.5) is 5.82 Å². The molecule has 0 bridgehead atoms. The molecular formula is C18H24N8. The third kappa shape index (κ3) is 3.66. The number of likely N-dealkylation sites (N-methyl/N-ethyl adjacent to an activating group) is 1. The first-order valence-corrected chi connectivity index (χ1v) is 9.04. The van der Waals surface area contributed by atoms with Gasteiger partial charge in [0.2, 0.25) is 0 Å². The number of nitrogens with zero attached hydrogens (tertiary/aromatic N) is 7. The van der Waals surface area contributed by atoms with Gasteiger partial charge in [-0.2, -0.15) is 0 Å². The van der Waals surface area contributed by atoms with Crippen LogP contribution in [-0.4, -0.2) is 80.5 Å². The summed E-state index contributed by atoms with van der Waals surface area (Å²) in [4.78, 5) is 22.1. The van der Waals surface area contributed by atoms with E-state index in [1.165, 1.54) is 0 Å². The Bertz CT molecular complexity index is 839. The topological polar surface area (TPSA) is 74.5 Å². The van der Waals surface area contributed by atoms with Crippen LogP contribution in [0.5, 0.6) is 0 Å². The average molecular weight is 352 g/mol. The zero-order chi connectivity index (χ0) is 17.8. The van der Waals surface area contributed by atoms with Gasteiger partial charge in [-0.05, 0) is 26.1 Å². The molecule has 1 saturated heterocycles. The van der Waals surface area contributed by atoms with E-state index in [1.54, 1.807) is 24.9 Å². The van der Waals surface area contributed by atoms with Gasteiger partial charge in [-0.15, -0.1) is 0 Å². The Labute approximate surface area is 152 Å². The maximum absolute atomic E-state index is 4.69.